The van der Waals surface area contributed by atoms with Crippen LogP contribution in [0, 0.1) is 0 Å². The monoisotopic (exact) mass is 235 g/mol. The fraction of sp³-hybridized carbons (Fsp3) is 0.333. The molecule has 0 fully saturated rings. The maximum Gasteiger partial charge on any atom is 0.262 e. The number of fused-ring (bicyclic) bond motifs is 1. The molecule has 0 aromatic heterocycles. The van der Waals surface area contributed by atoms with E-state index >= 15 is 0 Å². The zero-order valence-electron chi connectivity index (χ0n) is 9.01. The van der Waals surface area contributed by atoms with E-state index in [0.717, 1.165) is 6.42 Å². The average Bonchev–Trinajstić information content (AvgIpc) is 2.53. The zero-order chi connectivity index (χ0) is 11.7. The predicted octanol–water partition coefficient (Wildman–Crippen LogP) is 2.34. The van der Waals surface area contributed by atoms with E-state index in [9.17, 15) is 9.59 Å². The van der Waals surface area contributed by atoms with Crippen molar-refractivity contribution >= 4 is 24.4 Å². The summed E-state index contributed by atoms with van der Waals surface area (Å²) >= 11 is 4.31. The number of carbonyl (C=O) groups excluding carboxylic acids is 2. The summed E-state index contributed by atoms with van der Waals surface area (Å²) < 4.78 is 0. The fourth-order valence-corrected chi connectivity index (χ4v) is 2.33. The molecule has 1 aromatic rings. The Morgan fingerprint density at radius 1 is 1.19 bits per heavy atom. The number of hydrogen-bond donors (Lipinski definition) is 1. The Hall–Kier alpha value is -1.29. The highest BCUT2D eigenvalue weighted by Crippen LogP contribution is 2.26. The first-order valence-electron chi connectivity index (χ1n) is 5.31. The van der Waals surface area contributed by atoms with Crippen LogP contribution in [0.25, 0.3) is 0 Å². The topological polar surface area (TPSA) is 37.4 Å². The molecular formula is C12H13NO2S. The van der Waals surface area contributed by atoms with Gasteiger partial charge < -0.3 is 0 Å². The summed E-state index contributed by atoms with van der Waals surface area (Å²) in [6.07, 6.45) is 1.61. The molecule has 16 heavy (non-hydrogen) atoms. The molecule has 0 radical (unpaired) electrons. The first-order valence-corrected chi connectivity index (χ1v) is 5.83. The summed E-state index contributed by atoms with van der Waals surface area (Å²) in [5.74, 6) is -0.455. The molecule has 1 atom stereocenters. The van der Waals surface area contributed by atoms with E-state index in [0.29, 0.717) is 17.5 Å². The third kappa shape index (κ3) is 1.63. The van der Waals surface area contributed by atoms with Crippen molar-refractivity contribution in [3.63, 3.8) is 0 Å². The second kappa shape index (κ2) is 4.29. The highest BCUT2D eigenvalue weighted by molar-refractivity contribution is 7.80. The van der Waals surface area contributed by atoms with Gasteiger partial charge in [-0.2, -0.15) is 12.6 Å². The summed E-state index contributed by atoms with van der Waals surface area (Å²) in [4.78, 5) is 25.2. The van der Waals surface area contributed by atoms with Gasteiger partial charge >= 0.3 is 0 Å². The highest BCUT2D eigenvalue weighted by Gasteiger charge is 2.37. The maximum absolute atomic E-state index is 12.0. The van der Waals surface area contributed by atoms with Crippen molar-refractivity contribution < 1.29 is 9.59 Å². The van der Waals surface area contributed by atoms with E-state index in [1.165, 1.54) is 4.90 Å². The molecule has 1 heterocycles. The molecule has 0 spiro atoms. The van der Waals surface area contributed by atoms with Gasteiger partial charge in [0.15, 0.2) is 0 Å². The van der Waals surface area contributed by atoms with Crippen molar-refractivity contribution in [3.05, 3.63) is 35.4 Å². The van der Waals surface area contributed by atoms with Crippen LogP contribution in [-0.4, -0.2) is 22.1 Å². The second-order valence-corrected chi connectivity index (χ2v) is 4.39. The summed E-state index contributed by atoms with van der Waals surface area (Å²) in [6.45, 7) is 2.00. The Kier molecular flexibility index (Phi) is 3.01. The summed E-state index contributed by atoms with van der Waals surface area (Å²) in [5.41, 5.74) is 0.977. The zero-order valence-corrected chi connectivity index (χ0v) is 9.91. The Labute approximate surface area is 99.9 Å². The van der Waals surface area contributed by atoms with Crippen LogP contribution in [0.1, 0.15) is 40.5 Å². The van der Waals surface area contributed by atoms with Gasteiger partial charge in [-0.15, -0.1) is 0 Å². The van der Waals surface area contributed by atoms with Crippen LogP contribution < -0.4 is 0 Å². The Balaban J connectivity index is 2.35. The molecule has 3 nitrogen and oxygen atoms in total. The molecule has 1 aliphatic rings. The van der Waals surface area contributed by atoms with Crippen LogP contribution in [0.4, 0.5) is 0 Å². The van der Waals surface area contributed by atoms with Gasteiger partial charge in [0.05, 0.1) is 16.5 Å². The van der Waals surface area contributed by atoms with Gasteiger partial charge in [-0.3, -0.25) is 14.5 Å². The van der Waals surface area contributed by atoms with Gasteiger partial charge in [-0.05, 0) is 18.6 Å². The molecule has 0 N–H and O–H groups in total. The number of benzene rings is 1. The van der Waals surface area contributed by atoms with Crippen molar-refractivity contribution in [2.24, 2.45) is 0 Å². The third-order valence-electron chi connectivity index (χ3n) is 2.67. The van der Waals surface area contributed by atoms with Gasteiger partial charge in [-0.25, -0.2) is 0 Å². The van der Waals surface area contributed by atoms with E-state index in [1.54, 1.807) is 24.3 Å². The SMILES string of the molecule is CCCC(S)N1C(=O)c2ccccc2C1=O. The number of nitrogens with zero attached hydrogens (tertiary/aromatic N) is 1. The second-order valence-electron chi connectivity index (χ2n) is 3.80. The minimum Gasteiger partial charge on any atom is -0.269 e. The van der Waals surface area contributed by atoms with E-state index in [2.05, 4.69) is 12.6 Å². The quantitative estimate of drug-likeness (QED) is 0.645. The fourth-order valence-electron chi connectivity index (χ4n) is 1.87. The van der Waals surface area contributed by atoms with E-state index in [-0.39, 0.29) is 17.2 Å². The lowest BCUT2D eigenvalue weighted by Crippen LogP contribution is -2.36. The molecule has 4 heteroatoms. The van der Waals surface area contributed by atoms with Crippen molar-refractivity contribution in [1.29, 1.82) is 0 Å². The highest BCUT2D eigenvalue weighted by atomic mass is 32.1. The lowest BCUT2D eigenvalue weighted by atomic mass is 10.1. The Morgan fingerprint density at radius 2 is 1.69 bits per heavy atom. The predicted molar refractivity (Wildman–Crippen MR) is 64.6 cm³/mol. The van der Waals surface area contributed by atoms with Gasteiger partial charge in [0.2, 0.25) is 0 Å². The van der Waals surface area contributed by atoms with Crippen LogP contribution in [0.15, 0.2) is 24.3 Å². The largest absolute Gasteiger partial charge is 0.269 e. The maximum atomic E-state index is 12.0. The molecule has 1 aromatic carbocycles. The van der Waals surface area contributed by atoms with Gasteiger partial charge in [0, 0.05) is 0 Å². The minimum absolute atomic E-state index is 0.228. The molecular weight excluding hydrogens is 222 g/mol. The lowest BCUT2D eigenvalue weighted by molar-refractivity contribution is 0.0634. The first-order chi connectivity index (χ1) is 7.66. The summed E-state index contributed by atoms with van der Waals surface area (Å²) in [6, 6.07) is 6.89. The van der Waals surface area contributed by atoms with E-state index in [1.807, 2.05) is 6.92 Å². The van der Waals surface area contributed by atoms with Crippen molar-refractivity contribution in [1.82, 2.24) is 4.90 Å². The van der Waals surface area contributed by atoms with Gasteiger partial charge in [-0.1, -0.05) is 25.5 Å². The van der Waals surface area contributed by atoms with Crippen LogP contribution >= 0.6 is 12.6 Å². The normalized spacial score (nSPS) is 16.5. The molecule has 0 aliphatic carbocycles. The van der Waals surface area contributed by atoms with Gasteiger partial charge in [0.1, 0.15) is 0 Å². The van der Waals surface area contributed by atoms with Crippen LogP contribution in [0.2, 0.25) is 0 Å². The number of carbonyl (C=O) groups is 2. The van der Waals surface area contributed by atoms with Crippen LogP contribution in [0.3, 0.4) is 0 Å². The van der Waals surface area contributed by atoms with E-state index < -0.39 is 0 Å². The first kappa shape index (κ1) is 11.2. The van der Waals surface area contributed by atoms with Crippen LogP contribution in [0.5, 0.6) is 0 Å². The average molecular weight is 235 g/mol. The third-order valence-corrected chi connectivity index (χ3v) is 3.16. The van der Waals surface area contributed by atoms with Crippen molar-refractivity contribution in [3.8, 4) is 0 Å². The number of hydrogen-bond acceptors (Lipinski definition) is 3. The molecule has 0 saturated carbocycles. The summed E-state index contributed by atoms with van der Waals surface area (Å²) in [7, 11) is 0. The smallest absolute Gasteiger partial charge is 0.262 e. The van der Waals surface area contributed by atoms with Crippen molar-refractivity contribution in [2.75, 3.05) is 0 Å². The van der Waals surface area contributed by atoms with Gasteiger partial charge in [0.25, 0.3) is 11.8 Å². The number of imide groups is 1. The molecule has 2 amide bonds. The molecule has 84 valence electrons. The number of rotatable bonds is 3. The number of thiol groups is 1. The Morgan fingerprint density at radius 3 is 2.12 bits per heavy atom. The molecule has 1 aliphatic heterocycles. The minimum atomic E-state index is -0.322. The number of amides is 2. The van der Waals surface area contributed by atoms with Crippen molar-refractivity contribution in [2.45, 2.75) is 25.1 Å². The molecule has 1 unspecified atom stereocenters. The Bertz CT molecular complexity index is 409. The molecule has 2 rings (SSSR count). The molecule has 0 saturated heterocycles. The standard InChI is InChI=1S/C12H13NO2S/c1-2-5-10(16)13-11(14)8-6-3-4-7-9(8)12(13)15/h3-4,6-7,10,16H,2,5H2,1H3. The molecule has 0 bridgehead atoms. The van der Waals surface area contributed by atoms with Crippen LogP contribution in [-0.2, 0) is 0 Å². The lowest BCUT2D eigenvalue weighted by Gasteiger charge is -2.20. The van der Waals surface area contributed by atoms with E-state index in [4.69, 9.17) is 0 Å². The summed E-state index contributed by atoms with van der Waals surface area (Å²) in [5, 5.41) is -0.322.